The van der Waals surface area contributed by atoms with Crippen molar-refractivity contribution in [3.63, 3.8) is 0 Å². The molecular formula is C17H22N2O4S2. The summed E-state index contributed by atoms with van der Waals surface area (Å²) < 4.78 is 53.6. The molecule has 0 heterocycles. The molecule has 0 radical (unpaired) electrons. The van der Waals surface area contributed by atoms with Crippen LogP contribution in [0.2, 0.25) is 0 Å². The molecule has 0 saturated carbocycles. The lowest BCUT2D eigenvalue weighted by molar-refractivity contribution is 0.520. The van der Waals surface area contributed by atoms with Crippen LogP contribution in [0.25, 0.3) is 0 Å². The van der Waals surface area contributed by atoms with Crippen molar-refractivity contribution in [1.82, 2.24) is 4.31 Å². The highest BCUT2D eigenvalue weighted by Crippen LogP contribution is 2.25. The van der Waals surface area contributed by atoms with Crippen molar-refractivity contribution in [3.8, 4) is 0 Å². The van der Waals surface area contributed by atoms with Crippen LogP contribution >= 0.6 is 0 Å². The van der Waals surface area contributed by atoms with E-state index in [0.29, 0.717) is 11.1 Å². The number of anilines is 1. The van der Waals surface area contributed by atoms with Crippen molar-refractivity contribution in [2.24, 2.45) is 0 Å². The van der Waals surface area contributed by atoms with Crippen LogP contribution in [0.4, 0.5) is 5.69 Å². The van der Waals surface area contributed by atoms with E-state index in [4.69, 9.17) is 0 Å². The molecule has 0 atom stereocenters. The van der Waals surface area contributed by atoms with Crippen LogP contribution in [0, 0.1) is 20.8 Å². The van der Waals surface area contributed by atoms with Gasteiger partial charge in [-0.3, -0.25) is 4.72 Å². The van der Waals surface area contributed by atoms with Gasteiger partial charge in [-0.2, -0.15) is 0 Å². The number of benzene rings is 2. The largest absolute Gasteiger partial charge is 0.280 e. The summed E-state index contributed by atoms with van der Waals surface area (Å²) in [5.41, 5.74) is 2.33. The Morgan fingerprint density at radius 3 is 2.00 bits per heavy atom. The standard InChI is InChI=1S/C17H22N2O4S2/c1-12-6-9-16(14(3)10-12)24(20,21)18-15-8-7-13(2)17(11-15)25(22,23)19(4)5/h6-11,18H,1-5H3. The molecule has 136 valence electrons. The summed E-state index contributed by atoms with van der Waals surface area (Å²) >= 11 is 0. The highest BCUT2D eigenvalue weighted by Gasteiger charge is 2.22. The molecule has 0 unspecified atom stereocenters. The number of sulfonamides is 2. The van der Waals surface area contributed by atoms with Gasteiger partial charge in [-0.1, -0.05) is 23.8 Å². The lowest BCUT2D eigenvalue weighted by Gasteiger charge is -2.16. The molecule has 25 heavy (non-hydrogen) atoms. The van der Waals surface area contributed by atoms with Crippen molar-refractivity contribution >= 4 is 25.7 Å². The molecule has 0 fully saturated rings. The zero-order valence-corrected chi connectivity index (χ0v) is 16.5. The molecular weight excluding hydrogens is 360 g/mol. The summed E-state index contributed by atoms with van der Waals surface area (Å²) in [6.45, 7) is 5.27. The zero-order valence-electron chi connectivity index (χ0n) is 14.9. The first-order chi connectivity index (χ1) is 11.4. The Morgan fingerprint density at radius 1 is 0.800 bits per heavy atom. The Hall–Kier alpha value is -1.90. The van der Waals surface area contributed by atoms with Crippen molar-refractivity contribution in [2.45, 2.75) is 30.6 Å². The van der Waals surface area contributed by atoms with Gasteiger partial charge in [-0.15, -0.1) is 0 Å². The second kappa shape index (κ2) is 6.78. The summed E-state index contributed by atoms with van der Waals surface area (Å²) in [6, 6.07) is 9.51. The molecule has 0 aliphatic rings. The van der Waals surface area contributed by atoms with E-state index >= 15 is 0 Å². The summed E-state index contributed by atoms with van der Waals surface area (Å²) in [5.74, 6) is 0. The van der Waals surface area contributed by atoms with Gasteiger partial charge in [0.05, 0.1) is 15.5 Å². The van der Waals surface area contributed by atoms with E-state index in [0.717, 1.165) is 9.87 Å². The average Bonchev–Trinajstić information content (AvgIpc) is 2.48. The fraction of sp³-hybridized carbons (Fsp3) is 0.294. The van der Waals surface area contributed by atoms with Gasteiger partial charge in [-0.25, -0.2) is 21.1 Å². The third-order valence-corrected chi connectivity index (χ3v) is 7.32. The van der Waals surface area contributed by atoms with E-state index in [1.807, 2.05) is 6.92 Å². The lowest BCUT2D eigenvalue weighted by atomic mass is 10.2. The Balaban J connectivity index is 2.47. The fourth-order valence-corrected chi connectivity index (χ4v) is 4.87. The number of hydrogen-bond donors (Lipinski definition) is 1. The Morgan fingerprint density at radius 2 is 1.44 bits per heavy atom. The number of nitrogens with one attached hydrogen (secondary N) is 1. The molecule has 0 saturated heterocycles. The Labute approximate surface area is 149 Å². The molecule has 0 aliphatic carbocycles. The minimum Gasteiger partial charge on any atom is -0.280 e. The second-order valence-corrected chi connectivity index (χ2v) is 9.91. The maximum atomic E-state index is 12.6. The van der Waals surface area contributed by atoms with Crippen molar-refractivity contribution in [1.29, 1.82) is 0 Å². The van der Waals surface area contributed by atoms with Gasteiger partial charge < -0.3 is 0 Å². The second-order valence-electron chi connectivity index (χ2n) is 6.14. The molecule has 0 bridgehead atoms. The SMILES string of the molecule is Cc1ccc(S(=O)(=O)Nc2ccc(C)c(S(=O)(=O)N(C)C)c2)c(C)c1. The van der Waals surface area contributed by atoms with E-state index in [2.05, 4.69) is 4.72 Å². The molecule has 2 aromatic rings. The molecule has 8 heteroatoms. The van der Waals surface area contributed by atoms with Gasteiger partial charge in [0.15, 0.2) is 0 Å². The monoisotopic (exact) mass is 382 g/mol. The first-order valence-electron chi connectivity index (χ1n) is 7.58. The van der Waals surface area contributed by atoms with Gasteiger partial charge in [-0.05, 0) is 50.1 Å². The van der Waals surface area contributed by atoms with Crippen LogP contribution in [0.5, 0.6) is 0 Å². The normalized spacial score (nSPS) is 12.4. The molecule has 0 aliphatic heterocycles. The number of hydrogen-bond acceptors (Lipinski definition) is 4. The number of aryl methyl sites for hydroxylation is 3. The van der Waals surface area contributed by atoms with Crippen LogP contribution in [-0.2, 0) is 20.0 Å². The van der Waals surface area contributed by atoms with E-state index in [1.165, 1.54) is 20.2 Å². The smallest absolute Gasteiger partial charge is 0.262 e. The van der Waals surface area contributed by atoms with Crippen molar-refractivity contribution in [3.05, 3.63) is 53.1 Å². The van der Waals surface area contributed by atoms with Crippen molar-refractivity contribution < 1.29 is 16.8 Å². The van der Waals surface area contributed by atoms with Gasteiger partial charge in [0.25, 0.3) is 10.0 Å². The van der Waals surface area contributed by atoms with Crippen LogP contribution < -0.4 is 4.72 Å². The average molecular weight is 383 g/mol. The van der Waals surface area contributed by atoms with Crippen LogP contribution in [0.3, 0.4) is 0 Å². The minimum absolute atomic E-state index is 0.0679. The van der Waals surface area contributed by atoms with Crippen LogP contribution in [0.15, 0.2) is 46.2 Å². The first kappa shape index (κ1) is 19.4. The molecule has 6 nitrogen and oxygen atoms in total. The van der Waals surface area contributed by atoms with Gasteiger partial charge in [0.2, 0.25) is 10.0 Å². The summed E-state index contributed by atoms with van der Waals surface area (Å²) in [5, 5.41) is 0. The van der Waals surface area contributed by atoms with Crippen LogP contribution in [0.1, 0.15) is 16.7 Å². The molecule has 1 N–H and O–H groups in total. The summed E-state index contributed by atoms with van der Waals surface area (Å²) in [6.07, 6.45) is 0. The Kier molecular flexibility index (Phi) is 5.27. The number of nitrogens with zero attached hydrogens (tertiary/aromatic N) is 1. The topological polar surface area (TPSA) is 83.5 Å². The van der Waals surface area contributed by atoms with Gasteiger partial charge in [0.1, 0.15) is 0 Å². The maximum absolute atomic E-state index is 12.6. The Bertz CT molecular complexity index is 1010. The van der Waals surface area contributed by atoms with Gasteiger partial charge in [0, 0.05) is 14.1 Å². The molecule has 0 spiro atoms. The number of rotatable bonds is 5. The summed E-state index contributed by atoms with van der Waals surface area (Å²) in [7, 11) is -4.62. The highest BCUT2D eigenvalue weighted by atomic mass is 32.2. The lowest BCUT2D eigenvalue weighted by Crippen LogP contribution is -2.23. The third kappa shape index (κ3) is 4.02. The van der Waals surface area contributed by atoms with E-state index < -0.39 is 20.0 Å². The predicted molar refractivity (Wildman–Crippen MR) is 98.8 cm³/mol. The van der Waals surface area contributed by atoms with E-state index in [1.54, 1.807) is 44.2 Å². The molecule has 2 rings (SSSR count). The summed E-state index contributed by atoms with van der Waals surface area (Å²) in [4.78, 5) is 0.231. The minimum atomic E-state index is -3.81. The quantitative estimate of drug-likeness (QED) is 0.862. The maximum Gasteiger partial charge on any atom is 0.262 e. The van der Waals surface area contributed by atoms with E-state index in [-0.39, 0.29) is 15.5 Å². The third-order valence-electron chi connectivity index (χ3n) is 3.82. The molecule has 0 amide bonds. The predicted octanol–water partition coefficient (Wildman–Crippen LogP) is 2.66. The first-order valence-corrected chi connectivity index (χ1v) is 10.5. The highest BCUT2D eigenvalue weighted by molar-refractivity contribution is 7.92. The fourth-order valence-electron chi connectivity index (χ4n) is 2.45. The van der Waals surface area contributed by atoms with Crippen LogP contribution in [-0.4, -0.2) is 35.2 Å². The van der Waals surface area contributed by atoms with Gasteiger partial charge >= 0.3 is 0 Å². The zero-order chi connectivity index (χ0) is 19.0. The van der Waals surface area contributed by atoms with Crippen molar-refractivity contribution in [2.75, 3.05) is 18.8 Å². The molecule has 0 aromatic heterocycles. The van der Waals surface area contributed by atoms with E-state index in [9.17, 15) is 16.8 Å². The molecule has 2 aromatic carbocycles.